The van der Waals surface area contributed by atoms with Crippen LogP contribution in [0.3, 0.4) is 0 Å². The van der Waals surface area contributed by atoms with E-state index < -0.39 is 16.1 Å². The number of carbonyl (C=O) groups is 2. The third-order valence-corrected chi connectivity index (χ3v) is 6.78. The van der Waals surface area contributed by atoms with Gasteiger partial charge in [-0.05, 0) is 63.9 Å². The van der Waals surface area contributed by atoms with Gasteiger partial charge >= 0.3 is 0 Å². The van der Waals surface area contributed by atoms with Crippen LogP contribution in [0.5, 0.6) is 0 Å². The number of nitrogens with one attached hydrogen (secondary N) is 1. The Kier molecular flexibility index (Phi) is 9.94. The van der Waals surface area contributed by atoms with E-state index in [2.05, 4.69) is 5.32 Å². The van der Waals surface area contributed by atoms with Crippen LogP contribution in [0.1, 0.15) is 44.7 Å². The van der Waals surface area contributed by atoms with Gasteiger partial charge in [0.15, 0.2) is 0 Å². The number of halogens is 1. The zero-order valence-electron chi connectivity index (χ0n) is 20.4. The van der Waals surface area contributed by atoms with Crippen molar-refractivity contribution in [3.8, 4) is 0 Å². The van der Waals surface area contributed by atoms with Crippen molar-refractivity contribution in [1.82, 2.24) is 10.2 Å². The highest BCUT2D eigenvalue weighted by molar-refractivity contribution is 7.92. The molecule has 0 fully saturated rings. The number of hydrogen-bond acceptors (Lipinski definition) is 4. The second-order valence-corrected chi connectivity index (χ2v) is 11.1. The van der Waals surface area contributed by atoms with Crippen molar-refractivity contribution in [2.24, 2.45) is 0 Å². The van der Waals surface area contributed by atoms with Crippen LogP contribution in [0.25, 0.3) is 0 Å². The van der Waals surface area contributed by atoms with Crippen molar-refractivity contribution in [3.63, 3.8) is 0 Å². The molecule has 0 radical (unpaired) electrons. The minimum absolute atomic E-state index is 0.0472. The predicted octanol–water partition coefficient (Wildman–Crippen LogP) is 4.14. The topological polar surface area (TPSA) is 86.8 Å². The first-order valence-electron chi connectivity index (χ1n) is 11.3. The number of hydrogen-bond donors (Lipinski definition) is 1. The molecule has 0 bridgehead atoms. The smallest absolute Gasteiger partial charge is 0.242 e. The van der Waals surface area contributed by atoms with Gasteiger partial charge in [-0.15, -0.1) is 0 Å². The lowest BCUT2D eigenvalue weighted by Crippen LogP contribution is -2.49. The zero-order valence-corrected chi connectivity index (χ0v) is 22.0. The lowest BCUT2D eigenvalue weighted by Gasteiger charge is -2.30. The van der Waals surface area contributed by atoms with Gasteiger partial charge in [0.1, 0.15) is 6.04 Å². The highest BCUT2D eigenvalue weighted by Gasteiger charge is 2.27. The van der Waals surface area contributed by atoms with E-state index in [1.54, 1.807) is 36.1 Å². The van der Waals surface area contributed by atoms with E-state index >= 15 is 0 Å². The van der Waals surface area contributed by atoms with Crippen LogP contribution in [-0.2, 0) is 26.2 Å². The summed E-state index contributed by atoms with van der Waals surface area (Å²) in [6.45, 7) is 7.86. The SMILES string of the molecule is Cc1ccc(CN(C(=O)CCCN(c2ccc(Cl)cc2)S(C)(=O)=O)[C@H](C)C(=O)NC(C)C)cc1. The number of aryl methyl sites for hydroxylation is 1. The molecule has 9 heteroatoms. The van der Waals surface area contributed by atoms with E-state index in [1.807, 2.05) is 45.0 Å². The number of rotatable bonds is 11. The summed E-state index contributed by atoms with van der Waals surface area (Å²) in [5.74, 6) is -0.439. The van der Waals surface area contributed by atoms with Crippen molar-refractivity contribution < 1.29 is 18.0 Å². The van der Waals surface area contributed by atoms with Crippen LogP contribution in [0, 0.1) is 6.92 Å². The van der Waals surface area contributed by atoms with Crippen molar-refractivity contribution in [2.45, 2.75) is 59.2 Å². The molecule has 0 spiro atoms. The molecule has 0 aliphatic heterocycles. The van der Waals surface area contributed by atoms with Gasteiger partial charge in [0.25, 0.3) is 0 Å². The molecule has 0 heterocycles. The van der Waals surface area contributed by atoms with Crippen molar-refractivity contribution in [1.29, 1.82) is 0 Å². The Hall–Kier alpha value is -2.58. The highest BCUT2D eigenvalue weighted by Crippen LogP contribution is 2.21. The molecular weight excluding hydrogens is 474 g/mol. The van der Waals surface area contributed by atoms with Gasteiger partial charge in [-0.1, -0.05) is 41.4 Å². The molecule has 0 aliphatic rings. The molecule has 186 valence electrons. The largest absolute Gasteiger partial charge is 0.352 e. The number of anilines is 1. The minimum Gasteiger partial charge on any atom is -0.352 e. The fraction of sp³-hybridized carbons (Fsp3) is 0.440. The summed E-state index contributed by atoms with van der Waals surface area (Å²) in [7, 11) is -3.54. The highest BCUT2D eigenvalue weighted by atomic mass is 35.5. The van der Waals surface area contributed by atoms with Gasteiger partial charge in [0.05, 0.1) is 11.9 Å². The second-order valence-electron chi connectivity index (χ2n) is 8.76. The van der Waals surface area contributed by atoms with Gasteiger partial charge < -0.3 is 10.2 Å². The minimum atomic E-state index is -3.54. The van der Waals surface area contributed by atoms with Gasteiger partial charge in [-0.2, -0.15) is 0 Å². The lowest BCUT2D eigenvalue weighted by atomic mass is 10.1. The van der Waals surface area contributed by atoms with Crippen LogP contribution >= 0.6 is 11.6 Å². The van der Waals surface area contributed by atoms with Gasteiger partial charge in [-0.3, -0.25) is 13.9 Å². The molecular formula is C25H34ClN3O4S. The summed E-state index contributed by atoms with van der Waals surface area (Å²) in [5, 5.41) is 3.37. The van der Waals surface area contributed by atoms with Gasteiger partial charge in [-0.25, -0.2) is 8.42 Å². The number of carbonyl (C=O) groups excluding carboxylic acids is 2. The van der Waals surface area contributed by atoms with Crippen molar-refractivity contribution in [3.05, 3.63) is 64.7 Å². The number of sulfonamides is 1. The fourth-order valence-electron chi connectivity index (χ4n) is 3.49. The summed E-state index contributed by atoms with van der Waals surface area (Å²) in [6, 6.07) is 13.6. The predicted molar refractivity (Wildman–Crippen MR) is 137 cm³/mol. The molecule has 34 heavy (non-hydrogen) atoms. The van der Waals surface area contributed by atoms with Gasteiger partial charge in [0.2, 0.25) is 21.8 Å². The molecule has 1 N–H and O–H groups in total. The van der Waals surface area contributed by atoms with Crippen LogP contribution < -0.4 is 9.62 Å². The monoisotopic (exact) mass is 507 g/mol. The quantitative estimate of drug-likeness (QED) is 0.495. The Bertz CT molecular complexity index is 1070. The van der Waals surface area contributed by atoms with E-state index in [-0.39, 0.29) is 30.8 Å². The van der Waals surface area contributed by atoms with E-state index in [1.165, 1.54) is 4.31 Å². The third-order valence-electron chi connectivity index (χ3n) is 5.34. The maximum absolute atomic E-state index is 13.2. The van der Waals surface area contributed by atoms with E-state index in [0.29, 0.717) is 23.7 Å². The summed E-state index contributed by atoms with van der Waals surface area (Å²) >= 11 is 5.92. The zero-order chi connectivity index (χ0) is 25.5. The number of benzene rings is 2. The molecule has 0 saturated heterocycles. The average Bonchev–Trinajstić information content (AvgIpc) is 2.75. The Morgan fingerprint density at radius 2 is 1.59 bits per heavy atom. The van der Waals surface area contributed by atoms with E-state index in [4.69, 9.17) is 11.6 Å². The van der Waals surface area contributed by atoms with Crippen molar-refractivity contribution >= 4 is 39.1 Å². The van der Waals surface area contributed by atoms with Crippen LogP contribution in [0.15, 0.2) is 48.5 Å². The van der Waals surface area contributed by atoms with Crippen LogP contribution in [0.4, 0.5) is 5.69 Å². The van der Waals surface area contributed by atoms with Crippen molar-refractivity contribution in [2.75, 3.05) is 17.1 Å². The summed E-state index contributed by atoms with van der Waals surface area (Å²) in [5.41, 5.74) is 2.51. The molecule has 0 aromatic heterocycles. The van der Waals surface area contributed by atoms with E-state index in [0.717, 1.165) is 17.4 Å². The first-order valence-corrected chi connectivity index (χ1v) is 13.5. The molecule has 0 aliphatic carbocycles. The molecule has 2 rings (SSSR count). The number of amides is 2. The third kappa shape index (κ3) is 8.33. The Morgan fingerprint density at radius 1 is 1.00 bits per heavy atom. The fourth-order valence-corrected chi connectivity index (χ4v) is 4.58. The Morgan fingerprint density at radius 3 is 2.12 bits per heavy atom. The van der Waals surface area contributed by atoms with E-state index in [9.17, 15) is 18.0 Å². The maximum Gasteiger partial charge on any atom is 0.242 e. The molecule has 0 unspecified atom stereocenters. The Balaban J connectivity index is 2.15. The first kappa shape index (κ1) is 27.7. The molecule has 2 aromatic rings. The summed E-state index contributed by atoms with van der Waals surface area (Å²) in [6.07, 6.45) is 1.54. The van der Waals surface area contributed by atoms with Gasteiger partial charge in [0, 0.05) is 30.6 Å². The lowest BCUT2D eigenvalue weighted by molar-refractivity contribution is -0.140. The number of nitrogens with zero attached hydrogens (tertiary/aromatic N) is 2. The molecule has 2 aromatic carbocycles. The molecule has 7 nitrogen and oxygen atoms in total. The molecule has 1 atom stereocenters. The maximum atomic E-state index is 13.2. The summed E-state index contributed by atoms with van der Waals surface area (Å²) < 4.78 is 25.9. The molecule has 0 saturated carbocycles. The normalized spacial score (nSPS) is 12.3. The summed E-state index contributed by atoms with van der Waals surface area (Å²) in [4.78, 5) is 27.4. The average molecular weight is 508 g/mol. The Labute approximate surface area is 208 Å². The van der Waals surface area contributed by atoms with Crippen LogP contribution in [-0.4, -0.2) is 50.0 Å². The standard InChI is InChI=1S/C25H34ClN3O4S/c1-18(2)27-25(31)20(4)28(17-21-10-8-19(3)9-11-21)24(30)7-6-16-29(34(5,32)33)23-14-12-22(26)13-15-23/h8-15,18,20H,6-7,16-17H2,1-5H3,(H,27,31)/t20-/m1/s1. The second kappa shape index (κ2) is 12.2. The van der Waals surface area contributed by atoms with Crippen LogP contribution in [0.2, 0.25) is 5.02 Å². The first-order chi connectivity index (χ1) is 15.9. The molecule has 2 amide bonds.